The van der Waals surface area contributed by atoms with E-state index in [9.17, 15) is 0 Å². The molecule has 104 valence electrons. The van der Waals surface area contributed by atoms with Crippen LogP contribution < -0.4 is 0 Å². The third kappa shape index (κ3) is 2.46. The monoisotopic (exact) mass is 287 g/mol. The molecule has 0 saturated heterocycles. The summed E-state index contributed by atoms with van der Waals surface area (Å²) in [7, 11) is 0. The first-order valence-corrected chi connectivity index (χ1v) is 7.31. The van der Waals surface area contributed by atoms with Crippen LogP contribution in [0.3, 0.4) is 0 Å². The molecule has 1 aromatic carbocycles. The molecule has 3 nitrogen and oxygen atoms in total. The van der Waals surface area contributed by atoms with Gasteiger partial charge in [0.1, 0.15) is 5.15 Å². The lowest BCUT2D eigenvalue weighted by Crippen LogP contribution is -2.04. The number of fused-ring (bicyclic) bond motifs is 1. The first kappa shape index (κ1) is 13.3. The smallest absolute Gasteiger partial charge is 0.127 e. The Morgan fingerprint density at radius 3 is 2.85 bits per heavy atom. The average Bonchev–Trinajstić information content (AvgIpc) is 3.00. The van der Waals surface area contributed by atoms with Crippen molar-refractivity contribution in [1.82, 2.24) is 14.8 Å². The molecule has 0 radical (unpaired) electrons. The number of hydrogen-bond donors (Lipinski definition) is 1. The molecule has 3 aromatic rings. The fourth-order valence-electron chi connectivity index (χ4n) is 2.42. The quantitative estimate of drug-likeness (QED) is 0.759. The molecule has 0 unspecified atom stereocenters. The Labute approximate surface area is 123 Å². The fraction of sp³-hybridized carbons (Fsp3) is 0.312. The van der Waals surface area contributed by atoms with Gasteiger partial charge in [-0.2, -0.15) is 5.10 Å². The summed E-state index contributed by atoms with van der Waals surface area (Å²) in [5, 5.41) is 6.56. The molecule has 0 aliphatic heterocycles. The summed E-state index contributed by atoms with van der Waals surface area (Å²) in [5.41, 5.74) is 3.53. The lowest BCUT2D eigenvalue weighted by atomic mass is 10.1. The molecule has 0 saturated carbocycles. The van der Waals surface area contributed by atoms with Crippen LogP contribution in [0.25, 0.3) is 10.9 Å². The third-order valence-corrected chi connectivity index (χ3v) is 3.91. The number of nitrogens with one attached hydrogen (secondary N) is 1. The zero-order valence-electron chi connectivity index (χ0n) is 11.7. The Morgan fingerprint density at radius 2 is 2.10 bits per heavy atom. The van der Waals surface area contributed by atoms with Crippen molar-refractivity contribution in [2.45, 2.75) is 32.7 Å². The van der Waals surface area contributed by atoms with Crippen LogP contribution in [0.1, 0.15) is 31.0 Å². The molecule has 0 spiro atoms. The molecule has 2 heterocycles. The Kier molecular flexibility index (Phi) is 3.53. The summed E-state index contributed by atoms with van der Waals surface area (Å²) < 4.78 is 1.89. The maximum Gasteiger partial charge on any atom is 0.127 e. The molecular weight excluding hydrogens is 270 g/mol. The zero-order chi connectivity index (χ0) is 14.1. The highest BCUT2D eigenvalue weighted by atomic mass is 35.5. The number of nitrogens with zero attached hydrogens (tertiary/aromatic N) is 2. The van der Waals surface area contributed by atoms with Crippen LogP contribution in [0.15, 0.2) is 36.5 Å². The van der Waals surface area contributed by atoms with E-state index in [1.54, 1.807) is 0 Å². The van der Waals surface area contributed by atoms with Gasteiger partial charge in [0.15, 0.2) is 0 Å². The molecule has 0 fully saturated rings. The molecule has 20 heavy (non-hydrogen) atoms. The average molecular weight is 288 g/mol. The van der Waals surface area contributed by atoms with Crippen molar-refractivity contribution in [2.24, 2.45) is 0 Å². The SMILES string of the molecule is CC(C)c1cc(Cl)n(CCc2c[nH]c3ccccc23)n1. The molecule has 2 aromatic heterocycles. The van der Waals surface area contributed by atoms with Crippen molar-refractivity contribution >= 4 is 22.5 Å². The summed E-state index contributed by atoms with van der Waals surface area (Å²) in [6.45, 7) is 5.05. The highest BCUT2D eigenvalue weighted by Crippen LogP contribution is 2.21. The molecule has 3 rings (SSSR count). The van der Waals surface area contributed by atoms with Gasteiger partial charge in [0.05, 0.1) is 5.69 Å². The van der Waals surface area contributed by atoms with Gasteiger partial charge >= 0.3 is 0 Å². The van der Waals surface area contributed by atoms with Gasteiger partial charge in [-0.05, 0) is 30.0 Å². The largest absolute Gasteiger partial charge is 0.361 e. The number of benzene rings is 1. The van der Waals surface area contributed by atoms with Gasteiger partial charge in [-0.1, -0.05) is 43.6 Å². The number of hydrogen-bond acceptors (Lipinski definition) is 1. The van der Waals surface area contributed by atoms with Crippen molar-refractivity contribution in [3.8, 4) is 0 Å². The van der Waals surface area contributed by atoms with Crippen LogP contribution in [0, 0.1) is 0 Å². The van der Waals surface area contributed by atoms with Gasteiger partial charge in [0.25, 0.3) is 0 Å². The zero-order valence-corrected chi connectivity index (χ0v) is 12.5. The second kappa shape index (κ2) is 5.33. The standard InChI is InChI=1S/C16H18ClN3/c1-11(2)15-9-16(17)20(19-15)8-7-12-10-18-14-6-4-3-5-13(12)14/h3-6,9-11,18H,7-8H2,1-2H3. The number of halogens is 1. The van der Waals surface area contributed by atoms with Crippen LogP contribution in [0.4, 0.5) is 0 Å². The van der Waals surface area contributed by atoms with E-state index in [-0.39, 0.29) is 0 Å². The van der Waals surface area contributed by atoms with Gasteiger partial charge in [-0.3, -0.25) is 4.68 Å². The van der Waals surface area contributed by atoms with E-state index in [0.29, 0.717) is 11.1 Å². The lowest BCUT2D eigenvalue weighted by molar-refractivity contribution is 0.600. The summed E-state index contributed by atoms with van der Waals surface area (Å²) in [5.74, 6) is 0.404. The Balaban J connectivity index is 1.79. The maximum atomic E-state index is 6.24. The van der Waals surface area contributed by atoms with E-state index in [1.165, 1.54) is 16.5 Å². The molecule has 0 amide bonds. The molecule has 0 bridgehead atoms. The Hall–Kier alpha value is -1.74. The van der Waals surface area contributed by atoms with Crippen molar-refractivity contribution < 1.29 is 0 Å². The Morgan fingerprint density at radius 1 is 1.30 bits per heavy atom. The first-order chi connectivity index (χ1) is 9.65. The van der Waals surface area contributed by atoms with Crippen LogP contribution in [-0.2, 0) is 13.0 Å². The van der Waals surface area contributed by atoms with E-state index in [2.05, 4.69) is 48.3 Å². The van der Waals surface area contributed by atoms with E-state index in [4.69, 9.17) is 11.6 Å². The number of para-hydroxylation sites is 1. The maximum absolute atomic E-state index is 6.24. The van der Waals surface area contributed by atoms with Crippen molar-refractivity contribution in [3.63, 3.8) is 0 Å². The molecule has 0 aliphatic carbocycles. The lowest BCUT2D eigenvalue weighted by Gasteiger charge is -2.03. The minimum atomic E-state index is 0.404. The molecule has 0 aliphatic rings. The highest BCUT2D eigenvalue weighted by molar-refractivity contribution is 6.29. The van der Waals surface area contributed by atoms with E-state index in [1.807, 2.05) is 16.8 Å². The second-order valence-electron chi connectivity index (χ2n) is 5.38. The minimum absolute atomic E-state index is 0.404. The van der Waals surface area contributed by atoms with E-state index < -0.39 is 0 Å². The predicted octanol–water partition coefficient (Wildman–Crippen LogP) is 4.38. The molecule has 0 atom stereocenters. The van der Waals surface area contributed by atoms with E-state index >= 15 is 0 Å². The van der Waals surface area contributed by atoms with Crippen LogP contribution in [0.5, 0.6) is 0 Å². The number of aryl methyl sites for hydroxylation is 2. The highest BCUT2D eigenvalue weighted by Gasteiger charge is 2.10. The summed E-state index contributed by atoms with van der Waals surface area (Å²) >= 11 is 6.24. The molecule has 1 N–H and O–H groups in total. The molecular formula is C16H18ClN3. The minimum Gasteiger partial charge on any atom is -0.361 e. The van der Waals surface area contributed by atoms with Gasteiger partial charge in [-0.15, -0.1) is 0 Å². The number of aromatic nitrogens is 3. The van der Waals surface area contributed by atoms with Gasteiger partial charge in [0, 0.05) is 23.6 Å². The van der Waals surface area contributed by atoms with E-state index in [0.717, 1.165) is 18.7 Å². The topological polar surface area (TPSA) is 33.6 Å². The Bertz CT molecular complexity index is 724. The van der Waals surface area contributed by atoms with Crippen LogP contribution in [0.2, 0.25) is 5.15 Å². The number of aromatic amines is 1. The van der Waals surface area contributed by atoms with Crippen LogP contribution in [-0.4, -0.2) is 14.8 Å². The number of rotatable bonds is 4. The number of H-pyrrole nitrogens is 1. The van der Waals surface area contributed by atoms with Crippen molar-refractivity contribution in [2.75, 3.05) is 0 Å². The first-order valence-electron chi connectivity index (χ1n) is 6.93. The van der Waals surface area contributed by atoms with Gasteiger partial charge < -0.3 is 4.98 Å². The summed E-state index contributed by atoms with van der Waals surface area (Å²) in [6.07, 6.45) is 2.99. The van der Waals surface area contributed by atoms with Crippen molar-refractivity contribution in [1.29, 1.82) is 0 Å². The fourth-order valence-corrected chi connectivity index (χ4v) is 2.65. The third-order valence-electron chi connectivity index (χ3n) is 3.61. The summed E-state index contributed by atoms with van der Waals surface area (Å²) in [4.78, 5) is 3.30. The molecule has 4 heteroatoms. The predicted molar refractivity (Wildman–Crippen MR) is 83.3 cm³/mol. The van der Waals surface area contributed by atoms with Gasteiger partial charge in [0.2, 0.25) is 0 Å². The van der Waals surface area contributed by atoms with Gasteiger partial charge in [-0.25, -0.2) is 0 Å². The van der Waals surface area contributed by atoms with Crippen molar-refractivity contribution in [3.05, 3.63) is 52.9 Å². The normalized spacial score (nSPS) is 11.6. The van der Waals surface area contributed by atoms with Crippen LogP contribution >= 0.6 is 11.6 Å². The summed E-state index contributed by atoms with van der Waals surface area (Å²) in [6, 6.07) is 10.3. The second-order valence-corrected chi connectivity index (χ2v) is 5.77.